The minimum Gasteiger partial charge on any atom is -0.314 e. The maximum atomic E-state index is 13.7. The summed E-state index contributed by atoms with van der Waals surface area (Å²) in [4.78, 5) is 2.22. The van der Waals surface area contributed by atoms with Crippen LogP contribution in [0.2, 0.25) is 0 Å². The minimum atomic E-state index is -0.771. The van der Waals surface area contributed by atoms with Crippen LogP contribution in [-0.2, 0) is 0 Å². The van der Waals surface area contributed by atoms with Gasteiger partial charge in [-0.2, -0.15) is 5.26 Å². The first-order chi connectivity index (χ1) is 8.58. The summed E-state index contributed by atoms with van der Waals surface area (Å²) in [6.45, 7) is 7.48. The maximum absolute atomic E-state index is 13.7. The predicted octanol–water partition coefficient (Wildman–Crippen LogP) is 2.34. The Kier molecular flexibility index (Phi) is 5.55. The molecule has 2 atom stereocenters. The predicted molar refractivity (Wildman–Crippen MR) is 72.0 cm³/mol. The average molecular weight is 255 g/mol. The normalized spacial score (nSPS) is 40.1. The molecule has 1 saturated heterocycles. The molecule has 2 rings (SSSR count). The van der Waals surface area contributed by atoms with Crippen LogP contribution >= 0.6 is 0 Å². The lowest BCUT2D eigenvalue weighted by Crippen LogP contribution is -2.57. The number of nitrogens with zero attached hydrogens (tertiary/aromatic N) is 2. The summed E-state index contributed by atoms with van der Waals surface area (Å²) >= 11 is 0. The van der Waals surface area contributed by atoms with E-state index in [9.17, 15) is 4.39 Å². The number of piperidine rings is 1. The van der Waals surface area contributed by atoms with Crippen molar-refractivity contribution in [2.75, 3.05) is 20.1 Å². The van der Waals surface area contributed by atoms with E-state index < -0.39 is 6.17 Å². The molecule has 18 heavy (non-hydrogen) atoms. The molecular weight excluding hydrogens is 229 g/mol. The van der Waals surface area contributed by atoms with Crippen molar-refractivity contribution in [2.24, 2.45) is 5.41 Å². The molecule has 2 aliphatic rings. The zero-order valence-corrected chi connectivity index (χ0v) is 12.0. The molecule has 1 aliphatic heterocycles. The summed E-state index contributed by atoms with van der Waals surface area (Å²) in [6, 6.07) is 2.79. The van der Waals surface area contributed by atoms with Crippen molar-refractivity contribution in [1.82, 2.24) is 10.2 Å². The highest BCUT2D eigenvalue weighted by Crippen LogP contribution is 2.43. The number of likely N-dealkylation sites (tertiary alicyclic amines) is 1. The lowest BCUT2D eigenvalue weighted by atomic mass is 9.67. The van der Waals surface area contributed by atoms with Crippen molar-refractivity contribution < 1.29 is 4.39 Å². The van der Waals surface area contributed by atoms with Crippen molar-refractivity contribution in [3.8, 4) is 6.07 Å². The smallest absolute Gasteiger partial charge is 0.128 e. The van der Waals surface area contributed by atoms with Gasteiger partial charge in [-0.05, 0) is 33.2 Å². The molecule has 0 radical (unpaired) electrons. The molecule has 0 aromatic rings. The number of rotatable bonds is 2. The van der Waals surface area contributed by atoms with Crippen LogP contribution in [0.25, 0.3) is 0 Å². The number of halogens is 1. The first kappa shape index (κ1) is 15.4. The van der Waals surface area contributed by atoms with E-state index in [0.717, 1.165) is 25.8 Å². The molecule has 0 aromatic heterocycles. The van der Waals surface area contributed by atoms with Crippen molar-refractivity contribution >= 4 is 0 Å². The molecule has 0 bridgehead atoms. The summed E-state index contributed by atoms with van der Waals surface area (Å²) in [5.74, 6) is 0. The zero-order chi connectivity index (χ0) is 13.8. The van der Waals surface area contributed by atoms with Crippen LogP contribution in [-0.4, -0.2) is 43.3 Å². The minimum absolute atomic E-state index is 0.0127. The number of nitrogens with one attached hydrogen (secondary N) is 1. The third kappa shape index (κ3) is 3.21. The molecule has 2 unspecified atom stereocenters. The highest BCUT2D eigenvalue weighted by molar-refractivity contribution is 5.09. The van der Waals surface area contributed by atoms with E-state index in [1.165, 1.54) is 0 Å². The second-order valence-electron chi connectivity index (χ2n) is 5.43. The number of hydrogen-bond donors (Lipinski definition) is 1. The van der Waals surface area contributed by atoms with Gasteiger partial charge in [0, 0.05) is 25.2 Å². The summed E-state index contributed by atoms with van der Waals surface area (Å²) in [7, 11) is 1.82. The van der Waals surface area contributed by atoms with Gasteiger partial charge in [-0.1, -0.05) is 13.8 Å². The third-order valence-electron chi connectivity index (χ3n) is 4.10. The summed E-state index contributed by atoms with van der Waals surface area (Å²) in [5, 5.41) is 12.0. The van der Waals surface area contributed by atoms with Gasteiger partial charge in [0.15, 0.2) is 0 Å². The van der Waals surface area contributed by atoms with Gasteiger partial charge in [-0.15, -0.1) is 0 Å². The zero-order valence-electron chi connectivity index (χ0n) is 12.0. The van der Waals surface area contributed by atoms with Gasteiger partial charge >= 0.3 is 0 Å². The van der Waals surface area contributed by atoms with E-state index >= 15 is 0 Å². The van der Waals surface area contributed by atoms with Crippen LogP contribution in [0, 0.1) is 16.7 Å². The highest BCUT2D eigenvalue weighted by Gasteiger charge is 2.45. The Morgan fingerprint density at radius 2 is 2.00 bits per heavy atom. The molecule has 1 heterocycles. The van der Waals surface area contributed by atoms with E-state index in [1.54, 1.807) is 0 Å². The second-order valence-corrected chi connectivity index (χ2v) is 5.43. The monoisotopic (exact) mass is 255 g/mol. The molecule has 1 saturated carbocycles. The van der Waals surface area contributed by atoms with Crippen LogP contribution in [0.3, 0.4) is 0 Å². The van der Waals surface area contributed by atoms with Gasteiger partial charge in [-0.3, -0.25) is 4.90 Å². The lowest BCUT2D eigenvalue weighted by molar-refractivity contribution is 0.00220. The van der Waals surface area contributed by atoms with Gasteiger partial charge in [0.25, 0.3) is 0 Å². The molecule has 3 nitrogen and oxygen atoms in total. The molecule has 104 valence electrons. The fourth-order valence-electron chi connectivity index (χ4n) is 2.91. The highest BCUT2D eigenvalue weighted by atomic mass is 19.1. The summed E-state index contributed by atoms with van der Waals surface area (Å²) in [5.41, 5.74) is -0.156. The van der Waals surface area contributed by atoms with E-state index in [-0.39, 0.29) is 11.5 Å². The van der Waals surface area contributed by atoms with Gasteiger partial charge < -0.3 is 5.32 Å². The first-order valence-corrected chi connectivity index (χ1v) is 7.04. The SMILES string of the molecule is CC.CNC1CCN(C2CC(C)(C#N)C2)CC1F. The van der Waals surface area contributed by atoms with Crippen LogP contribution in [0.4, 0.5) is 4.39 Å². The number of alkyl halides is 1. The molecule has 0 spiro atoms. The second kappa shape index (κ2) is 6.49. The Balaban J connectivity index is 0.000000771. The summed E-state index contributed by atoms with van der Waals surface area (Å²) in [6.07, 6.45) is 1.91. The largest absolute Gasteiger partial charge is 0.314 e. The first-order valence-electron chi connectivity index (χ1n) is 7.04. The molecule has 0 aromatic carbocycles. The maximum Gasteiger partial charge on any atom is 0.128 e. The molecule has 2 fully saturated rings. The molecule has 1 aliphatic carbocycles. The van der Waals surface area contributed by atoms with Crippen molar-refractivity contribution in [3.05, 3.63) is 0 Å². The van der Waals surface area contributed by atoms with Gasteiger partial charge in [-0.25, -0.2) is 4.39 Å². The molecular formula is C14H26FN3. The molecule has 1 N–H and O–H groups in total. The third-order valence-corrected chi connectivity index (χ3v) is 4.10. The Morgan fingerprint density at radius 3 is 2.44 bits per heavy atom. The van der Waals surface area contributed by atoms with Gasteiger partial charge in [0.2, 0.25) is 0 Å². The van der Waals surface area contributed by atoms with E-state index in [4.69, 9.17) is 5.26 Å². The van der Waals surface area contributed by atoms with Gasteiger partial charge in [0.1, 0.15) is 6.17 Å². The topological polar surface area (TPSA) is 39.1 Å². The Labute approximate surface area is 110 Å². The van der Waals surface area contributed by atoms with Crippen LogP contribution in [0.15, 0.2) is 0 Å². The van der Waals surface area contributed by atoms with Crippen molar-refractivity contribution in [2.45, 2.75) is 58.3 Å². The van der Waals surface area contributed by atoms with Crippen molar-refractivity contribution in [1.29, 1.82) is 5.26 Å². The Morgan fingerprint density at radius 1 is 1.39 bits per heavy atom. The number of hydrogen-bond acceptors (Lipinski definition) is 3. The Hall–Kier alpha value is -0.660. The number of nitriles is 1. The average Bonchev–Trinajstić information content (AvgIpc) is 2.37. The van der Waals surface area contributed by atoms with Crippen LogP contribution in [0.1, 0.15) is 40.0 Å². The van der Waals surface area contributed by atoms with Crippen LogP contribution < -0.4 is 5.32 Å². The molecule has 0 amide bonds. The quantitative estimate of drug-likeness (QED) is 0.823. The van der Waals surface area contributed by atoms with E-state index in [2.05, 4.69) is 16.3 Å². The fourth-order valence-corrected chi connectivity index (χ4v) is 2.91. The van der Waals surface area contributed by atoms with Crippen LogP contribution in [0.5, 0.6) is 0 Å². The van der Waals surface area contributed by atoms with E-state index in [0.29, 0.717) is 12.6 Å². The summed E-state index contributed by atoms with van der Waals surface area (Å²) < 4.78 is 13.7. The van der Waals surface area contributed by atoms with Crippen molar-refractivity contribution in [3.63, 3.8) is 0 Å². The Bertz CT molecular complexity index is 294. The lowest BCUT2D eigenvalue weighted by Gasteiger charge is -2.49. The fraction of sp³-hybridized carbons (Fsp3) is 0.929. The van der Waals surface area contributed by atoms with E-state index in [1.807, 2.05) is 27.8 Å². The van der Waals surface area contributed by atoms with Gasteiger partial charge in [0.05, 0.1) is 11.5 Å². The standard InChI is InChI=1S/C12H20FN3.C2H6/c1-12(8-14)5-9(6-12)16-4-3-11(15-2)10(13)7-16;1-2/h9-11,15H,3-7H2,1-2H3;1-2H3. The molecule has 4 heteroatoms.